The molecule has 1 rings (SSSR count). The Kier molecular flexibility index (Phi) is 3.85. The summed E-state index contributed by atoms with van der Waals surface area (Å²) >= 11 is 0. The third kappa shape index (κ3) is 3.72. The maximum absolute atomic E-state index is 11.0. The lowest BCUT2D eigenvalue weighted by molar-refractivity contribution is -0.143. The van der Waals surface area contributed by atoms with Crippen molar-refractivity contribution in [1.82, 2.24) is 0 Å². The molecule has 78 valence electrons. The molecule has 0 bridgehead atoms. The lowest BCUT2D eigenvalue weighted by Crippen LogP contribution is -2.20. The van der Waals surface area contributed by atoms with Gasteiger partial charge in [0, 0.05) is 12.5 Å². The van der Waals surface area contributed by atoms with E-state index in [1.165, 1.54) is 24.3 Å². The number of cyclic esters (lactones) is 1. The molecule has 1 aliphatic heterocycles. The predicted molar refractivity (Wildman–Crippen MR) is 50.5 cm³/mol. The highest BCUT2D eigenvalue weighted by molar-refractivity contribution is 5.82. The van der Waals surface area contributed by atoms with E-state index in [1.807, 2.05) is 0 Å². The minimum absolute atomic E-state index is 0.331. The quantitative estimate of drug-likeness (QED) is 0.429. The first-order valence-electron chi connectivity index (χ1n) is 4.51. The van der Waals surface area contributed by atoms with E-state index in [0.717, 1.165) is 0 Å². The van der Waals surface area contributed by atoms with Crippen molar-refractivity contribution in [2.45, 2.75) is 31.7 Å². The van der Waals surface area contributed by atoms with Gasteiger partial charge in [0.1, 0.15) is 6.10 Å². The standard InChI is InChI=1S/C10H14O4/c1-7-6-9(12)3-2-8(11)4-5-10(13)14-7/h2-5,7-9,11-12H,6H2,1H3/b3-2+,5-4?/t7-,8-,9-/m1/s1. The van der Waals surface area contributed by atoms with E-state index in [-0.39, 0.29) is 6.10 Å². The zero-order valence-corrected chi connectivity index (χ0v) is 7.96. The molecule has 0 aromatic carbocycles. The third-order valence-electron chi connectivity index (χ3n) is 1.85. The van der Waals surface area contributed by atoms with Crippen molar-refractivity contribution in [3.05, 3.63) is 24.3 Å². The lowest BCUT2D eigenvalue weighted by atomic mass is 10.1. The number of carbonyl (C=O) groups excluding carboxylic acids is 1. The number of esters is 1. The van der Waals surface area contributed by atoms with Crippen LogP contribution in [0.15, 0.2) is 24.3 Å². The summed E-state index contributed by atoms with van der Waals surface area (Å²) < 4.78 is 4.91. The molecule has 1 heterocycles. The Hall–Kier alpha value is -1.13. The van der Waals surface area contributed by atoms with E-state index in [2.05, 4.69) is 0 Å². The Balaban J connectivity index is 2.72. The van der Waals surface area contributed by atoms with Gasteiger partial charge in [0.2, 0.25) is 0 Å². The molecule has 0 aliphatic carbocycles. The maximum Gasteiger partial charge on any atom is 0.330 e. The summed E-state index contributed by atoms with van der Waals surface area (Å²) in [4.78, 5) is 11.0. The van der Waals surface area contributed by atoms with Crippen LogP contribution in [0.3, 0.4) is 0 Å². The predicted octanol–water partition coefficient (Wildman–Crippen LogP) is 0.156. The number of ether oxygens (including phenoxy) is 1. The molecule has 3 atom stereocenters. The average molecular weight is 198 g/mol. The Morgan fingerprint density at radius 2 is 2.07 bits per heavy atom. The van der Waals surface area contributed by atoms with Crippen LogP contribution < -0.4 is 0 Å². The normalized spacial score (nSPS) is 36.2. The SMILES string of the molecule is C[C@@H]1C[C@H](O)/C=C/[C@@H](O)C=CC(=O)O1. The van der Waals surface area contributed by atoms with Gasteiger partial charge < -0.3 is 14.9 Å². The van der Waals surface area contributed by atoms with Crippen LogP contribution in [0.1, 0.15) is 13.3 Å². The molecule has 2 N–H and O–H groups in total. The van der Waals surface area contributed by atoms with Gasteiger partial charge >= 0.3 is 5.97 Å². The number of aliphatic hydroxyl groups is 2. The van der Waals surface area contributed by atoms with Crippen molar-refractivity contribution in [2.75, 3.05) is 0 Å². The van der Waals surface area contributed by atoms with Crippen LogP contribution >= 0.6 is 0 Å². The number of aliphatic hydroxyl groups excluding tert-OH is 2. The Morgan fingerprint density at radius 3 is 2.79 bits per heavy atom. The first-order chi connectivity index (χ1) is 6.58. The van der Waals surface area contributed by atoms with Gasteiger partial charge in [0.25, 0.3) is 0 Å². The van der Waals surface area contributed by atoms with E-state index in [9.17, 15) is 15.0 Å². The largest absolute Gasteiger partial charge is 0.459 e. The topological polar surface area (TPSA) is 66.8 Å². The van der Waals surface area contributed by atoms with E-state index in [1.54, 1.807) is 6.92 Å². The third-order valence-corrected chi connectivity index (χ3v) is 1.85. The van der Waals surface area contributed by atoms with Crippen molar-refractivity contribution in [1.29, 1.82) is 0 Å². The fourth-order valence-corrected chi connectivity index (χ4v) is 1.19. The molecule has 1 aliphatic rings. The van der Waals surface area contributed by atoms with E-state index < -0.39 is 18.2 Å². The average Bonchev–Trinajstić information content (AvgIpc) is 2.10. The maximum atomic E-state index is 11.0. The molecule has 0 saturated heterocycles. The molecule has 14 heavy (non-hydrogen) atoms. The second-order valence-corrected chi connectivity index (χ2v) is 3.29. The highest BCUT2D eigenvalue weighted by Crippen LogP contribution is 2.07. The molecule has 0 aromatic rings. The summed E-state index contributed by atoms with van der Waals surface area (Å²) in [6.45, 7) is 1.71. The van der Waals surface area contributed by atoms with Gasteiger partial charge in [-0.2, -0.15) is 0 Å². The summed E-state index contributed by atoms with van der Waals surface area (Å²) in [5.74, 6) is -0.501. The van der Waals surface area contributed by atoms with Crippen LogP contribution in [-0.4, -0.2) is 34.5 Å². The number of hydrogen-bond donors (Lipinski definition) is 2. The van der Waals surface area contributed by atoms with Crippen LogP contribution in [0.2, 0.25) is 0 Å². The van der Waals surface area contributed by atoms with Crippen molar-refractivity contribution in [3.63, 3.8) is 0 Å². The first kappa shape index (κ1) is 10.9. The molecule has 4 heteroatoms. The molecular formula is C10H14O4. The Morgan fingerprint density at radius 1 is 1.36 bits per heavy atom. The van der Waals surface area contributed by atoms with Crippen LogP contribution in [0.25, 0.3) is 0 Å². The zero-order chi connectivity index (χ0) is 10.6. The molecular weight excluding hydrogens is 184 g/mol. The molecule has 0 spiro atoms. The van der Waals surface area contributed by atoms with Gasteiger partial charge in [0.15, 0.2) is 0 Å². The molecule has 4 nitrogen and oxygen atoms in total. The minimum atomic E-state index is -0.856. The first-order valence-corrected chi connectivity index (χ1v) is 4.51. The molecule has 0 saturated carbocycles. The van der Waals surface area contributed by atoms with Crippen molar-refractivity contribution in [2.24, 2.45) is 0 Å². The van der Waals surface area contributed by atoms with Gasteiger partial charge in [-0.15, -0.1) is 0 Å². The number of carbonyl (C=O) groups is 1. The van der Waals surface area contributed by atoms with Crippen molar-refractivity contribution in [3.8, 4) is 0 Å². The summed E-state index contributed by atoms with van der Waals surface area (Å²) in [6, 6.07) is 0. The van der Waals surface area contributed by atoms with E-state index >= 15 is 0 Å². The van der Waals surface area contributed by atoms with Crippen LogP contribution in [0, 0.1) is 0 Å². The van der Waals surface area contributed by atoms with Crippen LogP contribution in [0.4, 0.5) is 0 Å². The number of rotatable bonds is 0. The van der Waals surface area contributed by atoms with Gasteiger partial charge in [-0.05, 0) is 13.0 Å². The van der Waals surface area contributed by atoms with Crippen molar-refractivity contribution >= 4 is 5.97 Å². The second kappa shape index (κ2) is 4.93. The summed E-state index contributed by atoms with van der Waals surface area (Å²) in [5, 5.41) is 18.6. The Labute approximate surface area is 82.5 Å². The van der Waals surface area contributed by atoms with Crippen LogP contribution in [-0.2, 0) is 9.53 Å². The number of hydrogen-bond acceptors (Lipinski definition) is 4. The van der Waals surface area contributed by atoms with Crippen LogP contribution in [0.5, 0.6) is 0 Å². The summed E-state index contributed by atoms with van der Waals surface area (Å²) in [5.41, 5.74) is 0. The van der Waals surface area contributed by atoms with Gasteiger partial charge in [-0.3, -0.25) is 0 Å². The highest BCUT2D eigenvalue weighted by atomic mass is 16.5. The second-order valence-electron chi connectivity index (χ2n) is 3.29. The van der Waals surface area contributed by atoms with E-state index in [0.29, 0.717) is 6.42 Å². The van der Waals surface area contributed by atoms with Gasteiger partial charge in [0.05, 0.1) is 12.2 Å². The zero-order valence-electron chi connectivity index (χ0n) is 7.96. The molecule has 0 unspecified atom stereocenters. The lowest BCUT2D eigenvalue weighted by Gasteiger charge is -2.15. The summed E-state index contributed by atoms with van der Waals surface area (Å²) in [6.07, 6.45) is 3.87. The summed E-state index contributed by atoms with van der Waals surface area (Å²) in [7, 11) is 0. The molecule has 0 amide bonds. The fraction of sp³-hybridized carbons (Fsp3) is 0.500. The minimum Gasteiger partial charge on any atom is -0.459 e. The highest BCUT2D eigenvalue weighted by Gasteiger charge is 2.12. The van der Waals surface area contributed by atoms with Gasteiger partial charge in [-0.25, -0.2) is 4.79 Å². The monoisotopic (exact) mass is 198 g/mol. The van der Waals surface area contributed by atoms with Gasteiger partial charge in [-0.1, -0.05) is 12.2 Å². The fourth-order valence-electron chi connectivity index (χ4n) is 1.19. The Bertz CT molecular complexity index is 257. The van der Waals surface area contributed by atoms with Crippen molar-refractivity contribution < 1.29 is 19.7 Å². The molecule has 0 fully saturated rings. The smallest absolute Gasteiger partial charge is 0.330 e. The molecule has 0 aromatic heterocycles. The molecule has 0 radical (unpaired) electrons. The van der Waals surface area contributed by atoms with E-state index in [4.69, 9.17) is 4.74 Å².